The molecule has 1 atom stereocenters. The number of halogens is 1. The summed E-state index contributed by atoms with van der Waals surface area (Å²) in [5.41, 5.74) is -0.939. The minimum Gasteiger partial charge on any atom is -0.444 e. The van der Waals surface area contributed by atoms with Crippen LogP contribution in [0.1, 0.15) is 40.2 Å². The van der Waals surface area contributed by atoms with Crippen LogP contribution in [0, 0.1) is 0 Å². The first-order valence-electron chi connectivity index (χ1n) is 9.12. The van der Waals surface area contributed by atoms with Crippen LogP contribution in [0.2, 0.25) is 0 Å². The summed E-state index contributed by atoms with van der Waals surface area (Å²) in [4.78, 5) is 17.9. The van der Waals surface area contributed by atoms with Crippen LogP contribution >= 0.6 is 24.0 Å². The third-order valence-electron chi connectivity index (χ3n) is 3.66. The maximum atomic E-state index is 12.0. The van der Waals surface area contributed by atoms with Crippen LogP contribution in [0.25, 0.3) is 0 Å². The number of amides is 1. The van der Waals surface area contributed by atoms with Gasteiger partial charge in [0.05, 0.1) is 12.7 Å². The lowest BCUT2D eigenvalue weighted by Crippen LogP contribution is -2.43. The molecule has 0 spiro atoms. The summed E-state index contributed by atoms with van der Waals surface area (Å²) < 4.78 is 6.96. The molecule has 3 N–H and O–H groups in total. The summed E-state index contributed by atoms with van der Waals surface area (Å²) in [5, 5.41) is 21.0. The lowest BCUT2D eigenvalue weighted by molar-refractivity contribution is 0.0302. The predicted octanol–water partition coefficient (Wildman–Crippen LogP) is 1.67. The quantitative estimate of drug-likeness (QED) is 0.293. The summed E-state index contributed by atoms with van der Waals surface area (Å²) in [7, 11) is 3.49. The Morgan fingerprint density at radius 1 is 1.36 bits per heavy atom. The zero-order valence-corrected chi connectivity index (χ0v) is 20.3. The maximum Gasteiger partial charge on any atom is 0.410 e. The SMILES string of the molecule is CCNC(=NCC(C)(O)c1cnn(C)c1)NCCN(C)C(=O)OC(C)(C)C.I. The molecule has 162 valence electrons. The molecular weight excluding hydrogens is 475 g/mol. The Balaban J connectivity index is 0.00000729. The number of aliphatic imine (C=N–C) groups is 1. The average Bonchev–Trinajstić information content (AvgIpc) is 2.98. The fraction of sp³-hybridized carbons (Fsp3) is 0.722. The van der Waals surface area contributed by atoms with Crippen molar-refractivity contribution in [3.05, 3.63) is 18.0 Å². The molecule has 0 saturated heterocycles. The van der Waals surface area contributed by atoms with E-state index in [2.05, 4.69) is 20.7 Å². The van der Waals surface area contributed by atoms with Gasteiger partial charge in [-0.05, 0) is 34.6 Å². The van der Waals surface area contributed by atoms with Crippen molar-refractivity contribution in [1.29, 1.82) is 0 Å². The summed E-state index contributed by atoms with van der Waals surface area (Å²) in [6.45, 7) is 11.0. The highest BCUT2D eigenvalue weighted by Gasteiger charge is 2.24. The number of nitrogens with one attached hydrogen (secondary N) is 2. The highest BCUT2D eigenvalue weighted by molar-refractivity contribution is 14.0. The van der Waals surface area contributed by atoms with Gasteiger partial charge >= 0.3 is 6.09 Å². The Morgan fingerprint density at radius 2 is 2.00 bits per heavy atom. The van der Waals surface area contributed by atoms with Crippen LogP contribution in [-0.4, -0.2) is 70.7 Å². The van der Waals surface area contributed by atoms with Crippen molar-refractivity contribution in [2.45, 2.75) is 45.8 Å². The van der Waals surface area contributed by atoms with Crippen molar-refractivity contribution in [3.63, 3.8) is 0 Å². The number of hydrogen-bond acceptors (Lipinski definition) is 5. The second kappa shape index (κ2) is 11.4. The van der Waals surface area contributed by atoms with Crippen molar-refractivity contribution >= 4 is 36.0 Å². The number of hydrogen-bond donors (Lipinski definition) is 3. The minimum absolute atomic E-state index is 0. The number of likely N-dealkylation sites (N-methyl/N-ethyl adjacent to an activating group) is 1. The van der Waals surface area contributed by atoms with Crippen LogP contribution < -0.4 is 10.6 Å². The molecule has 0 aromatic carbocycles. The van der Waals surface area contributed by atoms with Gasteiger partial charge in [-0.15, -0.1) is 24.0 Å². The molecule has 1 heterocycles. The zero-order valence-electron chi connectivity index (χ0n) is 17.9. The lowest BCUT2D eigenvalue weighted by atomic mass is 10.0. The van der Waals surface area contributed by atoms with E-state index in [-0.39, 0.29) is 36.6 Å². The molecule has 0 radical (unpaired) electrons. The molecule has 0 aliphatic rings. The van der Waals surface area contributed by atoms with Gasteiger partial charge in [-0.3, -0.25) is 4.68 Å². The van der Waals surface area contributed by atoms with Crippen molar-refractivity contribution in [2.75, 3.05) is 33.2 Å². The normalized spacial score (nSPS) is 13.9. The first-order chi connectivity index (χ1) is 12.4. The van der Waals surface area contributed by atoms with Gasteiger partial charge in [-0.1, -0.05) is 0 Å². The second-order valence-corrected chi connectivity index (χ2v) is 7.70. The summed E-state index contributed by atoms with van der Waals surface area (Å²) in [5.74, 6) is 0.569. The lowest BCUT2D eigenvalue weighted by Gasteiger charge is -2.25. The van der Waals surface area contributed by atoms with Crippen LogP contribution in [0.3, 0.4) is 0 Å². The van der Waals surface area contributed by atoms with E-state index in [0.29, 0.717) is 31.2 Å². The number of aromatic nitrogens is 2. The van der Waals surface area contributed by atoms with Gasteiger partial charge in [0.1, 0.15) is 11.2 Å². The van der Waals surface area contributed by atoms with E-state index in [9.17, 15) is 9.90 Å². The van der Waals surface area contributed by atoms with Crippen LogP contribution in [-0.2, 0) is 17.4 Å². The van der Waals surface area contributed by atoms with Crippen molar-refractivity contribution < 1.29 is 14.6 Å². The Bertz CT molecular complexity index is 640. The molecule has 0 bridgehead atoms. The first-order valence-corrected chi connectivity index (χ1v) is 9.12. The summed E-state index contributed by atoms with van der Waals surface area (Å²) in [6, 6.07) is 0. The molecule has 1 rings (SSSR count). The third-order valence-corrected chi connectivity index (χ3v) is 3.66. The fourth-order valence-electron chi connectivity index (χ4n) is 2.14. The Kier molecular flexibility index (Phi) is 10.8. The molecule has 1 aromatic rings. The van der Waals surface area contributed by atoms with Gasteiger partial charge in [0.25, 0.3) is 0 Å². The molecule has 0 aliphatic heterocycles. The van der Waals surface area contributed by atoms with E-state index >= 15 is 0 Å². The smallest absolute Gasteiger partial charge is 0.410 e. The topological polar surface area (TPSA) is 104 Å². The van der Waals surface area contributed by atoms with E-state index in [1.807, 2.05) is 27.7 Å². The van der Waals surface area contributed by atoms with Crippen LogP contribution in [0.5, 0.6) is 0 Å². The Morgan fingerprint density at radius 3 is 2.50 bits per heavy atom. The van der Waals surface area contributed by atoms with E-state index in [1.165, 1.54) is 4.90 Å². The first kappa shape index (κ1) is 26.4. The molecule has 0 saturated carbocycles. The van der Waals surface area contributed by atoms with E-state index in [0.717, 1.165) is 0 Å². The van der Waals surface area contributed by atoms with Crippen LogP contribution in [0.15, 0.2) is 17.4 Å². The van der Waals surface area contributed by atoms with Gasteiger partial charge in [0.15, 0.2) is 5.96 Å². The van der Waals surface area contributed by atoms with Crippen molar-refractivity contribution in [3.8, 4) is 0 Å². The number of aryl methyl sites for hydroxylation is 1. The fourth-order valence-corrected chi connectivity index (χ4v) is 2.14. The zero-order chi connectivity index (χ0) is 20.7. The molecule has 28 heavy (non-hydrogen) atoms. The number of rotatable bonds is 7. The van der Waals surface area contributed by atoms with Gasteiger partial charge in [-0.2, -0.15) is 5.10 Å². The monoisotopic (exact) mass is 510 g/mol. The standard InChI is InChI=1S/C18H34N6O3.HI/c1-8-19-15(20-9-10-23(6)16(25)27-17(2,3)4)21-13-18(5,26)14-11-22-24(7)12-14;/h11-12,26H,8-10,13H2,1-7H3,(H2,19,20,21);1H. The molecular formula is C18H35IN6O3. The molecule has 0 aliphatic carbocycles. The van der Waals surface area contributed by atoms with E-state index < -0.39 is 11.2 Å². The number of nitrogens with zero attached hydrogens (tertiary/aromatic N) is 4. The van der Waals surface area contributed by atoms with Crippen molar-refractivity contribution in [2.24, 2.45) is 12.0 Å². The van der Waals surface area contributed by atoms with Gasteiger partial charge in [0.2, 0.25) is 0 Å². The molecule has 10 heteroatoms. The van der Waals surface area contributed by atoms with Gasteiger partial charge in [0, 0.05) is 45.5 Å². The number of guanidine groups is 1. The van der Waals surface area contributed by atoms with Crippen LogP contribution in [0.4, 0.5) is 4.79 Å². The maximum absolute atomic E-state index is 12.0. The predicted molar refractivity (Wildman–Crippen MR) is 121 cm³/mol. The largest absolute Gasteiger partial charge is 0.444 e. The Hall–Kier alpha value is -1.56. The molecule has 1 unspecified atom stereocenters. The summed E-state index contributed by atoms with van der Waals surface area (Å²) in [6.07, 6.45) is 3.03. The average molecular weight is 510 g/mol. The third kappa shape index (κ3) is 9.58. The Labute approximate surface area is 184 Å². The summed E-state index contributed by atoms with van der Waals surface area (Å²) >= 11 is 0. The number of carbonyl (C=O) groups excluding carboxylic acids is 1. The molecule has 9 nitrogen and oxygen atoms in total. The molecule has 1 amide bonds. The van der Waals surface area contributed by atoms with E-state index in [1.54, 1.807) is 38.1 Å². The number of ether oxygens (including phenoxy) is 1. The van der Waals surface area contributed by atoms with Gasteiger partial charge < -0.3 is 25.4 Å². The highest BCUT2D eigenvalue weighted by Crippen LogP contribution is 2.19. The highest BCUT2D eigenvalue weighted by atomic mass is 127. The van der Waals surface area contributed by atoms with Gasteiger partial charge in [-0.25, -0.2) is 9.79 Å². The van der Waals surface area contributed by atoms with E-state index in [4.69, 9.17) is 4.74 Å². The number of carbonyl (C=O) groups is 1. The van der Waals surface area contributed by atoms with Crippen molar-refractivity contribution in [1.82, 2.24) is 25.3 Å². The number of aliphatic hydroxyl groups is 1. The molecule has 0 fully saturated rings. The molecule has 1 aromatic heterocycles. The second-order valence-electron chi connectivity index (χ2n) is 7.70. The minimum atomic E-state index is -1.12.